The Labute approximate surface area is 191 Å². The Morgan fingerprint density at radius 2 is 1.71 bits per heavy atom. The maximum atomic E-state index is 7.06. The summed E-state index contributed by atoms with van der Waals surface area (Å²) in [6.45, 7) is 15.4. The van der Waals surface area contributed by atoms with Crippen LogP contribution in [0, 0.1) is 10.8 Å². The van der Waals surface area contributed by atoms with Crippen LogP contribution in [0.5, 0.6) is 0 Å². The molecule has 2 atom stereocenters. The van der Waals surface area contributed by atoms with E-state index in [4.69, 9.17) is 13.9 Å². The van der Waals surface area contributed by atoms with Crippen LogP contribution in [0.25, 0.3) is 5.76 Å². The van der Waals surface area contributed by atoms with E-state index in [0.717, 1.165) is 25.2 Å². The molecule has 31 heavy (non-hydrogen) atoms. The third-order valence-corrected chi connectivity index (χ3v) is 12.9. The van der Waals surface area contributed by atoms with E-state index in [2.05, 4.69) is 71.1 Å². The molecule has 2 aliphatic rings. The molecule has 2 aliphatic carbocycles. The van der Waals surface area contributed by atoms with Crippen LogP contribution in [0.4, 0.5) is 0 Å². The summed E-state index contributed by atoms with van der Waals surface area (Å²) in [5.74, 6) is 1.16. The van der Waals surface area contributed by atoms with Gasteiger partial charge in [0.25, 0.3) is 8.32 Å². The molecule has 0 N–H and O–H groups in total. The fourth-order valence-electron chi connectivity index (χ4n) is 5.31. The van der Waals surface area contributed by atoms with Crippen molar-refractivity contribution in [2.45, 2.75) is 90.8 Å². The first-order valence-corrected chi connectivity index (χ1v) is 15.0. The number of rotatable bonds is 7. The zero-order valence-electron chi connectivity index (χ0n) is 21.0. The van der Waals surface area contributed by atoms with Crippen LogP contribution in [0.3, 0.4) is 0 Å². The van der Waals surface area contributed by atoms with Crippen molar-refractivity contribution < 1.29 is 13.9 Å². The van der Waals surface area contributed by atoms with Gasteiger partial charge in [-0.15, -0.1) is 0 Å². The molecule has 1 aromatic carbocycles. The second-order valence-corrected chi connectivity index (χ2v) is 16.4. The van der Waals surface area contributed by atoms with Crippen molar-refractivity contribution in [1.29, 1.82) is 0 Å². The number of hydrogen-bond acceptors (Lipinski definition) is 3. The lowest BCUT2D eigenvalue weighted by Crippen LogP contribution is -2.49. The van der Waals surface area contributed by atoms with Crippen LogP contribution in [-0.2, 0) is 13.9 Å². The third kappa shape index (κ3) is 5.12. The highest BCUT2D eigenvalue weighted by Gasteiger charge is 2.52. The molecule has 0 aliphatic heterocycles. The van der Waals surface area contributed by atoms with Crippen LogP contribution in [0.1, 0.15) is 78.2 Å². The van der Waals surface area contributed by atoms with E-state index in [1.807, 2.05) is 0 Å². The van der Waals surface area contributed by atoms with E-state index in [9.17, 15) is 0 Å². The molecular formula is C27H44O3Si. The molecule has 3 rings (SSSR count). The standard InChI is InChI=1S/C27H44O3Si/c1-25(2,3)31(6,7)30-24(22-13-9-8-10-14-22)23-15-18-26(4)16-11-12-17-27(26,19-23)20-29-21-28-5/h8-10,13-14H,11-12,15-21H2,1-7H3/b24-23-/t26-,27-/m1/s1. The molecule has 0 radical (unpaired) electrons. The van der Waals surface area contributed by atoms with Crippen LogP contribution in [0.15, 0.2) is 35.9 Å². The average molecular weight is 445 g/mol. The van der Waals surface area contributed by atoms with E-state index in [1.54, 1.807) is 7.11 Å². The number of fused-ring (bicyclic) bond motifs is 1. The zero-order valence-corrected chi connectivity index (χ0v) is 22.0. The van der Waals surface area contributed by atoms with E-state index >= 15 is 0 Å². The Morgan fingerprint density at radius 1 is 1.03 bits per heavy atom. The van der Waals surface area contributed by atoms with Crippen molar-refractivity contribution in [2.24, 2.45) is 10.8 Å². The van der Waals surface area contributed by atoms with Gasteiger partial charge in [-0.1, -0.05) is 70.9 Å². The molecule has 0 spiro atoms. The van der Waals surface area contributed by atoms with Gasteiger partial charge in [-0.25, -0.2) is 0 Å². The summed E-state index contributed by atoms with van der Waals surface area (Å²) in [7, 11) is -0.249. The summed E-state index contributed by atoms with van der Waals surface area (Å²) in [4.78, 5) is 0. The number of ether oxygens (including phenoxy) is 2. The van der Waals surface area contributed by atoms with Gasteiger partial charge in [0.2, 0.25) is 0 Å². The van der Waals surface area contributed by atoms with Gasteiger partial charge in [0.15, 0.2) is 0 Å². The van der Waals surface area contributed by atoms with Gasteiger partial charge >= 0.3 is 0 Å². The minimum atomic E-state index is -1.96. The number of hydrogen-bond donors (Lipinski definition) is 0. The van der Waals surface area contributed by atoms with Gasteiger partial charge in [-0.3, -0.25) is 0 Å². The molecule has 3 nitrogen and oxygen atoms in total. The first kappa shape index (κ1) is 24.5. The highest BCUT2D eigenvalue weighted by molar-refractivity contribution is 6.74. The van der Waals surface area contributed by atoms with Gasteiger partial charge < -0.3 is 13.9 Å². The fourth-order valence-corrected chi connectivity index (χ4v) is 6.38. The molecule has 0 bridgehead atoms. The van der Waals surface area contributed by atoms with Crippen molar-refractivity contribution in [3.63, 3.8) is 0 Å². The normalized spacial score (nSPS) is 28.7. The van der Waals surface area contributed by atoms with E-state index in [0.29, 0.717) is 12.2 Å². The highest BCUT2D eigenvalue weighted by Crippen LogP contribution is 2.61. The maximum Gasteiger partial charge on any atom is 0.250 e. The molecule has 0 unspecified atom stereocenters. The predicted octanol–water partition coefficient (Wildman–Crippen LogP) is 7.79. The lowest BCUT2D eigenvalue weighted by Gasteiger charge is -2.56. The Hall–Kier alpha value is -1.10. The number of benzene rings is 1. The van der Waals surface area contributed by atoms with Gasteiger partial charge in [0.05, 0.1) is 6.61 Å². The smallest absolute Gasteiger partial charge is 0.250 e. The molecule has 4 heteroatoms. The Bertz CT molecular complexity index is 764. The topological polar surface area (TPSA) is 27.7 Å². The summed E-state index contributed by atoms with van der Waals surface area (Å²) in [5, 5.41) is 0.168. The largest absolute Gasteiger partial charge is 0.543 e. The monoisotopic (exact) mass is 444 g/mol. The second-order valence-electron chi connectivity index (χ2n) is 11.6. The lowest BCUT2D eigenvalue weighted by atomic mass is 9.50. The fraction of sp³-hybridized carbons (Fsp3) is 0.704. The number of methoxy groups -OCH3 is 1. The molecule has 2 fully saturated rings. The number of allylic oxidation sites excluding steroid dienone is 1. The molecule has 2 saturated carbocycles. The SMILES string of the molecule is COCOC[C@]12CCCC[C@]1(C)CC/C(=C(/O[Si](C)(C)C(C)(C)C)c1ccccc1)C2. The maximum absolute atomic E-state index is 7.06. The van der Waals surface area contributed by atoms with Crippen molar-refractivity contribution in [3.05, 3.63) is 41.5 Å². The van der Waals surface area contributed by atoms with Crippen LogP contribution >= 0.6 is 0 Å². The first-order valence-electron chi connectivity index (χ1n) is 12.1. The van der Waals surface area contributed by atoms with Crippen molar-refractivity contribution in [3.8, 4) is 0 Å². The lowest BCUT2D eigenvalue weighted by molar-refractivity contribution is -0.125. The zero-order chi connectivity index (χ0) is 22.8. The Morgan fingerprint density at radius 3 is 2.35 bits per heavy atom. The minimum absolute atomic E-state index is 0.168. The van der Waals surface area contributed by atoms with Crippen molar-refractivity contribution in [2.75, 3.05) is 20.5 Å². The summed E-state index contributed by atoms with van der Waals surface area (Å²) >= 11 is 0. The highest BCUT2D eigenvalue weighted by atomic mass is 28.4. The van der Waals surface area contributed by atoms with Crippen molar-refractivity contribution in [1.82, 2.24) is 0 Å². The Kier molecular flexibility index (Phi) is 7.45. The molecule has 0 saturated heterocycles. The summed E-state index contributed by atoms with van der Waals surface area (Å²) < 4.78 is 18.4. The van der Waals surface area contributed by atoms with Crippen LogP contribution in [-0.4, -0.2) is 28.8 Å². The van der Waals surface area contributed by atoms with Gasteiger partial charge in [0.1, 0.15) is 12.6 Å². The first-order chi connectivity index (χ1) is 14.5. The summed E-state index contributed by atoms with van der Waals surface area (Å²) in [5.41, 5.74) is 3.24. The molecule has 0 aromatic heterocycles. The van der Waals surface area contributed by atoms with E-state index < -0.39 is 8.32 Å². The van der Waals surface area contributed by atoms with Gasteiger partial charge in [-0.2, -0.15) is 0 Å². The average Bonchev–Trinajstić information content (AvgIpc) is 2.72. The van der Waals surface area contributed by atoms with Crippen molar-refractivity contribution >= 4 is 14.1 Å². The van der Waals surface area contributed by atoms with Gasteiger partial charge in [0, 0.05) is 18.1 Å². The van der Waals surface area contributed by atoms with E-state index in [-0.39, 0.29) is 10.5 Å². The summed E-state index contributed by atoms with van der Waals surface area (Å²) in [6.07, 6.45) is 8.60. The molecule has 0 amide bonds. The van der Waals surface area contributed by atoms with Crippen LogP contribution in [0.2, 0.25) is 18.1 Å². The summed E-state index contributed by atoms with van der Waals surface area (Å²) in [6, 6.07) is 10.8. The molecule has 1 aromatic rings. The molecule has 174 valence electrons. The van der Waals surface area contributed by atoms with E-state index in [1.165, 1.54) is 43.2 Å². The third-order valence-electron chi connectivity index (χ3n) is 8.54. The van der Waals surface area contributed by atoms with Crippen LogP contribution < -0.4 is 0 Å². The van der Waals surface area contributed by atoms with Gasteiger partial charge in [-0.05, 0) is 61.2 Å². The second kappa shape index (κ2) is 9.41. The molecular weight excluding hydrogens is 400 g/mol. The molecule has 0 heterocycles. The predicted molar refractivity (Wildman–Crippen MR) is 132 cm³/mol. The minimum Gasteiger partial charge on any atom is -0.543 e. The quantitative estimate of drug-likeness (QED) is 0.186. The Balaban J connectivity index is 2.03.